The second-order valence-corrected chi connectivity index (χ2v) is 11.1. The fraction of sp³-hybridized carbons (Fsp3) is 0.344. The van der Waals surface area contributed by atoms with Crippen molar-refractivity contribution in [3.05, 3.63) is 83.4 Å². The van der Waals surface area contributed by atoms with Crippen molar-refractivity contribution in [3.8, 4) is 5.75 Å². The van der Waals surface area contributed by atoms with Crippen LogP contribution in [-0.4, -0.2) is 50.1 Å². The van der Waals surface area contributed by atoms with Crippen LogP contribution < -0.4 is 30.9 Å². The number of halogens is 1. The van der Waals surface area contributed by atoms with Crippen molar-refractivity contribution in [2.45, 2.75) is 38.2 Å². The second kappa shape index (κ2) is 14.1. The van der Waals surface area contributed by atoms with Crippen LogP contribution in [0.4, 0.5) is 21.9 Å². The lowest BCUT2D eigenvalue weighted by Gasteiger charge is -2.19. The SMILES string of the molecule is O=C(CNC(=O)c1ccccc1Cl)NCC1CCN(c2ccc(NC(=O)Nc3ccc(OC4CCCC4)cc3)cc2)C1. The molecule has 1 saturated carbocycles. The molecule has 1 saturated heterocycles. The predicted octanol–water partition coefficient (Wildman–Crippen LogP) is 5.68. The van der Waals surface area contributed by atoms with E-state index in [-0.39, 0.29) is 24.4 Å². The van der Waals surface area contributed by atoms with Gasteiger partial charge in [-0.15, -0.1) is 0 Å². The van der Waals surface area contributed by atoms with Crippen molar-refractivity contribution >= 4 is 46.5 Å². The molecule has 0 radical (unpaired) electrons. The number of anilines is 3. The number of ether oxygens (including phenoxy) is 1. The lowest BCUT2D eigenvalue weighted by Crippen LogP contribution is -2.39. The van der Waals surface area contributed by atoms with Gasteiger partial charge in [0.15, 0.2) is 0 Å². The van der Waals surface area contributed by atoms with Gasteiger partial charge in [-0.2, -0.15) is 0 Å². The van der Waals surface area contributed by atoms with Crippen LogP contribution in [0.5, 0.6) is 5.75 Å². The summed E-state index contributed by atoms with van der Waals surface area (Å²) in [5.41, 5.74) is 2.79. The van der Waals surface area contributed by atoms with Gasteiger partial charge in [0.2, 0.25) is 5.91 Å². The molecule has 1 atom stereocenters. The molecule has 1 aliphatic carbocycles. The van der Waals surface area contributed by atoms with E-state index in [2.05, 4.69) is 26.2 Å². The number of carbonyl (C=O) groups excluding carboxylic acids is 3. The quantitative estimate of drug-likeness (QED) is 0.243. The summed E-state index contributed by atoms with van der Waals surface area (Å²) in [7, 11) is 0. The van der Waals surface area contributed by atoms with E-state index in [4.69, 9.17) is 16.3 Å². The Balaban J connectivity index is 1.01. The van der Waals surface area contributed by atoms with Crippen LogP contribution in [-0.2, 0) is 4.79 Å². The first-order valence-corrected chi connectivity index (χ1v) is 14.8. The van der Waals surface area contributed by atoms with E-state index in [0.29, 0.717) is 40.5 Å². The summed E-state index contributed by atoms with van der Waals surface area (Å²) >= 11 is 6.04. The first-order valence-electron chi connectivity index (χ1n) is 14.4. The molecule has 0 spiro atoms. The first-order chi connectivity index (χ1) is 20.4. The van der Waals surface area contributed by atoms with Gasteiger partial charge in [-0.05, 0) is 98.7 Å². The normalized spacial score (nSPS) is 16.6. The molecule has 5 rings (SSSR count). The number of nitrogens with zero attached hydrogens (tertiary/aromatic N) is 1. The van der Waals surface area contributed by atoms with Gasteiger partial charge in [-0.1, -0.05) is 23.7 Å². The Kier molecular flexibility index (Phi) is 9.82. The summed E-state index contributed by atoms with van der Waals surface area (Å²) < 4.78 is 5.98. The van der Waals surface area contributed by atoms with Gasteiger partial charge >= 0.3 is 6.03 Å². The Labute approximate surface area is 251 Å². The van der Waals surface area contributed by atoms with E-state index in [0.717, 1.165) is 43.8 Å². The average Bonchev–Trinajstić information content (AvgIpc) is 3.69. The minimum atomic E-state index is -0.378. The maximum atomic E-state index is 12.5. The summed E-state index contributed by atoms with van der Waals surface area (Å²) in [4.78, 5) is 39.3. The molecule has 42 heavy (non-hydrogen) atoms. The van der Waals surface area contributed by atoms with Crippen molar-refractivity contribution in [1.82, 2.24) is 10.6 Å². The molecule has 3 aromatic rings. The van der Waals surface area contributed by atoms with Gasteiger partial charge in [0.1, 0.15) is 5.75 Å². The van der Waals surface area contributed by atoms with E-state index in [9.17, 15) is 14.4 Å². The van der Waals surface area contributed by atoms with Gasteiger partial charge < -0.3 is 30.9 Å². The number of hydrogen-bond acceptors (Lipinski definition) is 5. The van der Waals surface area contributed by atoms with E-state index in [1.807, 2.05) is 48.5 Å². The predicted molar refractivity (Wildman–Crippen MR) is 166 cm³/mol. The van der Waals surface area contributed by atoms with Crippen molar-refractivity contribution in [3.63, 3.8) is 0 Å². The van der Waals surface area contributed by atoms with Gasteiger partial charge in [-0.3, -0.25) is 9.59 Å². The summed E-state index contributed by atoms with van der Waals surface area (Å²) in [6.07, 6.45) is 5.89. The smallest absolute Gasteiger partial charge is 0.323 e. The zero-order valence-corrected chi connectivity index (χ0v) is 24.2. The molecule has 9 nitrogen and oxygen atoms in total. The van der Waals surface area contributed by atoms with Crippen molar-refractivity contribution in [2.24, 2.45) is 5.92 Å². The Bertz CT molecular complexity index is 1380. The zero-order valence-electron chi connectivity index (χ0n) is 23.4. The monoisotopic (exact) mass is 589 g/mol. The van der Waals surface area contributed by atoms with Crippen LogP contribution in [0.15, 0.2) is 72.8 Å². The summed E-state index contributed by atoms with van der Waals surface area (Å²) in [5.74, 6) is 0.507. The van der Waals surface area contributed by atoms with E-state index in [1.165, 1.54) is 12.8 Å². The zero-order chi connectivity index (χ0) is 29.3. The highest BCUT2D eigenvalue weighted by Gasteiger charge is 2.23. The number of amides is 4. The van der Waals surface area contributed by atoms with Gasteiger partial charge in [-0.25, -0.2) is 4.79 Å². The van der Waals surface area contributed by atoms with E-state index >= 15 is 0 Å². The van der Waals surface area contributed by atoms with Crippen molar-refractivity contribution in [2.75, 3.05) is 41.7 Å². The van der Waals surface area contributed by atoms with Crippen molar-refractivity contribution in [1.29, 1.82) is 0 Å². The maximum Gasteiger partial charge on any atom is 0.323 e. The minimum absolute atomic E-state index is 0.108. The molecule has 1 heterocycles. The number of nitrogens with one attached hydrogen (secondary N) is 4. The third kappa shape index (κ3) is 8.16. The Hall–Kier alpha value is -4.24. The number of carbonyl (C=O) groups is 3. The van der Waals surface area contributed by atoms with Crippen LogP contribution in [0.25, 0.3) is 0 Å². The molecule has 1 unspecified atom stereocenters. The Morgan fingerprint density at radius 3 is 2.19 bits per heavy atom. The van der Waals surface area contributed by atoms with Crippen LogP contribution in [0.1, 0.15) is 42.5 Å². The van der Waals surface area contributed by atoms with Crippen LogP contribution in [0.3, 0.4) is 0 Å². The average molecular weight is 590 g/mol. The molecule has 2 fully saturated rings. The standard InChI is InChI=1S/C32H36ClN5O4/c33-29-8-4-3-7-28(29)31(40)35-20-30(39)34-19-22-17-18-38(21-22)25-13-9-23(10-14-25)36-32(41)37-24-11-15-27(16-12-24)42-26-5-1-2-6-26/h3-4,7-16,22,26H,1-2,5-6,17-21H2,(H,34,39)(H,35,40)(H2,36,37,41). The first kappa shape index (κ1) is 29.3. The number of benzene rings is 3. The molecule has 10 heteroatoms. The van der Waals surface area contributed by atoms with Gasteiger partial charge in [0.05, 0.1) is 23.2 Å². The lowest BCUT2D eigenvalue weighted by atomic mass is 10.1. The third-order valence-electron chi connectivity index (χ3n) is 7.61. The summed E-state index contributed by atoms with van der Waals surface area (Å²) in [5, 5.41) is 11.6. The molecule has 2 aliphatic rings. The highest BCUT2D eigenvalue weighted by molar-refractivity contribution is 6.33. The molecule has 4 N–H and O–H groups in total. The van der Waals surface area contributed by atoms with Crippen molar-refractivity contribution < 1.29 is 19.1 Å². The highest BCUT2D eigenvalue weighted by Crippen LogP contribution is 2.26. The van der Waals surface area contributed by atoms with E-state index < -0.39 is 0 Å². The van der Waals surface area contributed by atoms with Gasteiger partial charge in [0.25, 0.3) is 5.91 Å². The Morgan fingerprint density at radius 1 is 0.833 bits per heavy atom. The fourth-order valence-corrected chi connectivity index (χ4v) is 5.54. The topological polar surface area (TPSA) is 112 Å². The second-order valence-electron chi connectivity index (χ2n) is 10.7. The molecule has 1 aliphatic heterocycles. The van der Waals surface area contributed by atoms with Crippen LogP contribution >= 0.6 is 11.6 Å². The molecule has 4 amide bonds. The largest absolute Gasteiger partial charge is 0.490 e. The molecular weight excluding hydrogens is 554 g/mol. The fourth-order valence-electron chi connectivity index (χ4n) is 5.32. The summed E-state index contributed by atoms with van der Waals surface area (Å²) in [6.45, 7) is 2.10. The molecular formula is C32H36ClN5O4. The Morgan fingerprint density at radius 2 is 1.50 bits per heavy atom. The van der Waals surface area contributed by atoms with Crippen LogP contribution in [0.2, 0.25) is 5.02 Å². The third-order valence-corrected chi connectivity index (χ3v) is 7.94. The van der Waals surface area contributed by atoms with Crippen LogP contribution in [0, 0.1) is 5.92 Å². The van der Waals surface area contributed by atoms with E-state index in [1.54, 1.807) is 24.3 Å². The van der Waals surface area contributed by atoms with Gasteiger partial charge in [0, 0.05) is 36.7 Å². The lowest BCUT2D eigenvalue weighted by molar-refractivity contribution is -0.120. The summed E-state index contributed by atoms with van der Waals surface area (Å²) in [6, 6.07) is 21.6. The number of urea groups is 1. The highest BCUT2D eigenvalue weighted by atomic mass is 35.5. The molecule has 0 bridgehead atoms. The number of rotatable bonds is 10. The maximum absolute atomic E-state index is 12.5. The molecule has 0 aromatic heterocycles. The minimum Gasteiger partial charge on any atom is -0.490 e. The molecule has 3 aromatic carbocycles. The number of hydrogen-bond donors (Lipinski definition) is 4. The molecule has 220 valence electrons.